The van der Waals surface area contributed by atoms with Gasteiger partial charge in [0.1, 0.15) is 5.54 Å². The summed E-state index contributed by atoms with van der Waals surface area (Å²) in [5.41, 5.74) is 0.219. The first-order valence-corrected chi connectivity index (χ1v) is 8.70. The molecule has 2 amide bonds. The van der Waals surface area contributed by atoms with Gasteiger partial charge in [0.2, 0.25) is 5.91 Å². The van der Waals surface area contributed by atoms with Gasteiger partial charge in [-0.2, -0.15) is 0 Å². The number of hydrogen-bond acceptors (Lipinski definition) is 3. The lowest BCUT2D eigenvalue weighted by Crippen LogP contribution is -2.59. The Labute approximate surface area is 143 Å². The number of hydrogen-bond donors (Lipinski definition) is 2. The molecular formula is C19H26N2O3. The molecule has 0 aromatic heterocycles. The molecule has 0 atom stereocenters. The van der Waals surface area contributed by atoms with Crippen LogP contribution in [-0.4, -0.2) is 29.7 Å². The van der Waals surface area contributed by atoms with Crippen LogP contribution in [0.25, 0.3) is 0 Å². The molecule has 24 heavy (non-hydrogen) atoms. The number of Topliss-reactive ketones (excluding diaryl/α,β-unsaturated/α-hetero) is 1. The van der Waals surface area contributed by atoms with Gasteiger partial charge in [-0.05, 0) is 38.3 Å². The van der Waals surface area contributed by atoms with Gasteiger partial charge in [0.25, 0.3) is 5.91 Å². The second-order valence-electron chi connectivity index (χ2n) is 6.49. The lowest BCUT2D eigenvalue weighted by molar-refractivity contribution is -0.128. The summed E-state index contributed by atoms with van der Waals surface area (Å²) < 4.78 is 0. The molecule has 0 unspecified atom stereocenters. The molecule has 1 aliphatic carbocycles. The van der Waals surface area contributed by atoms with Crippen molar-refractivity contribution in [1.29, 1.82) is 0 Å². The molecule has 0 spiro atoms. The van der Waals surface area contributed by atoms with E-state index in [1.54, 1.807) is 24.3 Å². The second kappa shape index (κ2) is 8.08. The fourth-order valence-electron chi connectivity index (χ4n) is 3.12. The molecule has 2 rings (SSSR count). The second-order valence-corrected chi connectivity index (χ2v) is 6.49. The van der Waals surface area contributed by atoms with E-state index in [1.165, 1.54) is 6.92 Å². The van der Waals surface area contributed by atoms with Crippen LogP contribution in [0.3, 0.4) is 0 Å². The van der Waals surface area contributed by atoms with Crippen molar-refractivity contribution < 1.29 is 14.4 Å². The number of rotatable bonds is 6. The summed E-state index contributed by atoms with van der Waals surface area (Å²) in [6.45, 7) is 4.11. The minimum Gasteiger partial charge on any atom is -0.354 e. The fraction of sp³-hybridized carbons (Fsp3) is 0.526. The van der Waals surface area contributed by atoms with Crippen molar-refractivity contribution >= 4 is 17.6 Å². The summed E-state index contributed by atoms with van der Waals surface area (Å²) in [4.78, 5) is 36.6. The first-order chi connectivity index (χ1) is 11.5. The molecule has 1 aromatic carbocycles. The van der Waals surface area contributed by atoms with Gasteiger partial charge in [0.15, 0.2) is 5.78 Å². The molecule has 1 fully saturated rings. The third-order valence-electron chi connectivity index (χ3n) is 4.58. The maximum atomic E-state index is 12.6. The van der Waals surface area contributed by atoms with Crippen molar-refractivity contribution in [2.45, 2.75) is 57.9 Å². The monoisotopic (exact) mass is 330 g/mol. The van der Waals surface area contributed by atoms with E-state index in [0.717, 1.165) is 25.7 Å². The van der Waals surface area contributed by atoms with Crippen molar-refractivity contribution in [3.63, 3.8) is 0 Å². The first kappa shape index (κ1) is 18.2. The number of carbonyl (C=O) groups excluding carboxylic acids is 3. The Hall–Kier alpha value is -2.17. The summed E-state index contributed by atoms with van der Waals surface area (Å²) in [6.07, 6.45) is 5.15. The van der Waals surface area contributed by atoms with E-state index in [2.05, 4.69) is 10.6 Å². The van der Waals surface area contributed by atoms with E-state index in [0.29, 0.717) is 30.5 Å². The molecule has 1 saturated carbocycles. The van der Waals surface area contributed by atoms with Crippen LogP contribution in [-0.2, 0) is 4.79 Å². The SMILES string of the molecule is CCCNC(=O)C1(NC(=O)c2ccc(C(C)=O)cc2)CCCCC1. The summed E-state index contributed by atoms with van der Waals surface area (Å²) in [5.74, 6) is -0.388. The van der Waals surface area contributed by atoms with E-state index in [9.17, 15) is 14.4 Å². The lowest BCUT2D eigenvalue weighted by atomic mass is 9.80. The highest BCUT2D eigenvalue weighted by molar-refractivity contribution is 6.00. The Kier molecular flexibility index (Phi) is 6.12. The van der Waals surface area contributed by atoms with Crippen LogP contribution in [0.1, 0.15) is 73.1 Å². The summed E-state index contributed by atoms with van der Waals surface area (Å²) in [7, 11) is 0. The van der Waals surface area contributed by atoms with Gasteiger partial charge in [0.05, 0.1) is 0 Å². The van der Waals surface area contributed by atoms with E-state index in [4.69, 9.17) is 0 Å². The zero-order valence-corrected chi connectivity index (χ0v) is 14.5. The Morgan fingerprint density at radius 1 is 1.00 bits per heavy atom. The molecule has 0 heterocycles. The molecule has 5 heteroatoms. The normalized spacial score (nSPS) is 16.2. The number of amides is 2. The van der Waals surface area contributed by atoms with Gasteiger partial charge in [0, 0.05) is 17.7 Å². The van der Waals surface area contributed by atoms with Gasteiger partial charge in [-0.25, -0.2) is 0 Å². The quantitative estimate of drug-likeness (QED) is 0.788. The van der Waals surface area contributed by atoms with Crippen LogP contribution in [0.5, 0.6) is 0 Å². The highest BCUT2D eigenvalue weighted by Gasteiger charge is 2.40. The highest BCUT2D eigenvalue weighted by Crippen LogP contribution is 2.29. The number of ketones is 1. The van der Waals surface area contributed by atoms with Crippen LogP contribution in [0.15, 0.2) is 24.3 Å². The molecule has 0 radical (unpaired) electrons. The zero-order chi connectivity index (χ0) is 17.6. The number of benzene rings is 1. The molecular weight excluding hydrogens is 304 g/mol. The average Bonchev–Trinajstić information content (AvgIpc) is 2.60. The van der Waals surface area contributed by atoms with Crippen LogP contribution in [0, 0.1) is 0 Å². The standard InChI is InChI=1S/C19H26N2O3/c1-3-13-20-18(24)19(11-5-4-6-12-19)21-17(23)16-9-7-15(8-10-16)14(2)22/h7-10H,3-6,11-13H2,1-2H3,(H,20,24)(H,21,23). The Morgan fingerprint density at radius 2 is 1.58 bits per heavy atom. The average molecular weight is 330 g/mol. The maximum Gasteiger partial charge on any atom is 0.252 e. The van der Waals surface area contributed by atoms with Crippen LogP contribution in [0.2, 0.25) is 0 Å². The Morgan fingerprint density at radius 3 is 2.12 bits per heavy atom. The Balaban J connectivity index is 2.14. The van der Waals surface area contributed by atoms with Gasteiger partial charge in [-0.3, -0.25) is 14.4 Å². The van der Waals surface area contributed by atoms with Crippen LogP contribution >= 0.6 is 0 Å². The highest BCUT2D eigenvalue weighted by atomic mass is 16.2. The number of nitrogens with one attached hydrogen (secondary N) is 2. The smallest absolute Gasteiger partial charge is 0.252 e. The minimum atomic E-state index is -0.816. The minimum absolute atomic E-state index is 0.0374. The van der Waals surface area contributed by atoms with Crippen molar-refractivity contribution in [3.05, 3.63) is 35.4 Å². The molecule has 2 N–H and O–H groups in total. The van der Waals surface area contributed by atoms with Crippen LogP contribution in [0.4, 0.5) is 0 Å². The van der Waals surface area contributed by atoms with E-state index in [1.807, 2.05) is 6.92 Å². The molecule has 0 aliphatic heterocycles. The first-order valence-electron chi connectivity index (χ1n) is 8.70. The summed E-state index contributed by atoms with van der Waals surface area (Å²) >= 11 is 0. The van der Waals surface area contributed by atoms with Crippen LogP contribution < -0.4 is 10.6 Å². The molecule has 0 bridgehead atoms. The third-order valence-corrected chi connectivity index (χ3v) is 4.58. The molecule has 0 saturated heterocycles. The van der Waals surface area contributed by atoms with Gasteiger partial charge in [-0.15, -0.1) is 0 Å². The van der Waals surface area contributed by atoms with Gasteiger partial charge >= 0.3 is 0 Å². The van der Waals surface area contributed by atoms with E-state index >= 15 is 0 Å². The van der Waals surface area contributed by atoms with Crippen molar-refractivity contribution in [2.24, 2.45) is 0 Å². The Bertz CT molecular complexity index is 602. The number of carbonyl (C=O) groups is 3. The fourth-order valence-corrected chi connectivity index (χ4v) is 3.12. The molecule has 5 nitrogen and oxygen atoms in total. The van der Waals surface area contributed by atoms with Crippen molar-refractivity contribution in [3.8, 4) is 0 Å². The lowest BCUT2D eigenvalue weighted by Gasteiger charge is -2.36. The predicted octanol–water partition coefficient (Wildman–Crippen LogP) is 2.85. The van der Waals surface area contributed by atoms with E-state index < -0.39 is 5.54 Å². The predicted molar refractivity (Wildman–Crippen MR) is 93.0 cm³/mol. The van der Waals surface area contributed by atoms with Crippen molar-refractivity contribution in [2.75, 3.05) is 6.54 Å². The maximum absolute atomic E-state index is 12.6. The summed E-state index contributed by atoms with van der Waals surface area (Å²) in [6, 6.07) is 6.54. The van der Waals surface area contributed by atoms with E-state index in [-0.39, 0.29) is 17.6 Å². The topological polar surface area (TPSA) is 75.3 Å². The van der Waals surface area contributed by atoms with Crippen molar-refractivity contribution in [1.82, 2.24) is 10.6 Å². The third kappa shape index (κ3) is 4.22. The van der Waals surface area contributed by atoms with Gasteiger partial charge in [-0.1, -0.05) is 38.3 Å². The molecule has 1 aromatic rings. The molecule has 130 valence electrons. The largest absolute Gasteiger partial charge is 0.354 e. The molecule has 1 aliphatic rings. The summed E-state index contributed by atoms with van der Waals surface area (Å²) in [5, 5.41) is 5.90. The zero-order valence-electron chi connectivity index (χ0n) is 14.5. The van der Waals surface area contributed by atoms with Gasteiger partial charge < -0.3 is 10.6 Å².